The number of ether oxygens (including phenoxy) is 1. The van der Waals surface area contributed by atoms with Gasteiger partial charge in [-0.1, -0.05) is 25.4 Å². The second kappa shape index (κ2) is 9.39. The molecule has 31 heavy (non-hydrogen) atoms. The predicted octanol–water partition coefficient (Wildman–Crippen LogP) is 4.13. The Labute approximate surface area is 192 Å². The molecule has 1 aliphatic carbocycles. The Balaban J connectivity index is 1.88. The van der Waals surface area contributed by atoms with Gasteiger partial charge in [0.1, 0.15) is 16.0 Å². The van der Waals surface area contributed by atoms with Crippen molar-refractivity contribution in [1.82, 2.24) is 14.7 Å². The smallest absolute Gasteiger partial charge is 0.223 e. The van der Waals surface area contributed by atoms with Crippen molar-refractivity contribution >= 4 is 43.6 Å². The van der Waals surface area contributed by atoms with Gasteiger partial charge < -0.3 is 9.29 Å². The van der Waals surface area contributed by atoms with Gasteiger partial charge in [-0.2, -0.15) is 0 Å². The highest BCUT2D eigenvalue weighted by Crippen LogP contribution is 2.36. The monoisotopic (exact) mass is 487 g/mol. The Hall–Kier alpha value is -1.13. The number of nitrogens with one attached hydrogen (secondary N) is 1. The zero-order valence-corrected chi connectivity index (χ0v) is 20.9. The highest BCUT2D eigenvalue weighted by molar-refractivity contribution is 7.92. The minimum atomic E-state index is -3.05. The van der Waals surface area contributed by atoms with E-state index in [0.29, 0.717) is 35.7 Å². The van der Waals surface area contributed by atoms with Crippen LogP contribution in [0.15, 0.2) is 18.5 Å². The maximum absolute atomic E-state index is 12.7. The number of hydrogen-bond donors (Lipinski definition) is 1. The lowest BCUT2D eigenvalue weighted by Crippen LogP contribution is -2.43. The van der Waals surface area contributed by atoms with Gasteiger partial charge >= 0.3 is 0 Å². The molecule has 1 saturated carbocycles. The van der Waals surface area contributed by atoms with Gasteiger partial charge in [-0.25, -0.2) is 18.4 Å². The molecule has 0 radical (unpaired) electrons. The maximum atomic E-state index is 12.7. The van der Waals surface area contributed by atoms with Crippen molar-refractivity contribution in [1.29, 1.82) is 0 Å². The molecular weight excluding hydrogens is 458 g/mol. The second-order valence-electron chi connectivity index (χ2n) is 8.82. The van der Waals surface area contributed by atoms with E-state index in [2.05, 4.69) is 14.7 Å². The van der Waals surface area contributed by atoms with E-state index in [4.69, 9.17) is 16.3 Å². The lowest BCUT2D eigenvalue weighted by molar-refractivity contribution is 0.119. The van der Waals surface area contributed by atoms with E-state index in [1.807, 2.05) is 27.7 Å². The van der Waals surface area contributed by atoms with Crippen LogP contribution in [-0.4, -0.2) is 44.8 Å². The van der Waals surface area contributed by atoms with Crippen molar-refractivity contribution in [3.63, 3.8) is 0 Å². The van der Waals surface area contributed by atoms with Crippen LogP contribution < -0.4 is 9.46 Å². The first-order valence-corrected chi connectivity index (χ1v) is 13.7. The molecule has 10 heteroatoms. The standard InChI is InChI=1S/C21H30ClN3O4S2/c1-6-18(25-30(26)21(3,4)5)16-11-24-20(17-12-23-19(22)10-15(16)17)29-13-8-14(9-13)31(27,28)7-2/h10-14,18,25H,6-9H2,1-5H3/t13-,14+,18?,30-/m0/s1. The average molecular weight is 488 g/mol. The lowest BCUT2D eigenvalue weighted by atomic mass is 9.95. The third kappa shape index (κ3) is 5.45. The summed E-state index contributed by atoms with van der Waals surface area (Å²) in [6.07, 6.45) is 4.77. The predicted molar refractivity (Wildman–Crippen MR) is 126 cm³/mol. The van der Waals surface area contributed by atoms with Gasteiger partial charge in [0.05, 0.1) is 16.7 Å². The Bertz CT molecular complexity index is 1040. The summed E-state index contributed by atoms with van der Waals surface area (Å²) in [4.78, 5) is 8.69. The fraction of sp³-hybridized carbons (Fsp3) is 0.619. The second-order valence-corrected chi connectivity index (χ2v) is 13.8. The summed E-state index contributed by atoms with van der Waals surface area (Å²) in [5.74, 6) is 0.552. The summed E-state index contributed by atoms with van der Waals surface area (Å²) in [6.45, 7) is 9.43. The number of pyridine rings is 2. The van der Waals surface area contributed by atoms with Crippen LogP contribution in [-0.2, 0) is 21.2 Å². The van der Waals surface area contributed by atoms with Crippen molar-refractivity contribution in [3.05, 3.63) is 29.2 Å². The molecule has 0 aromatic carbocycles. The van der Waals surface area contributed by atoms with Crippen molar-refractivity contribution in [2.24, 2.45) is 0 Å². The SMILES string of the molecule is CCC(N[S@@+]([O-])C(C)(C)C)c1cnc(O[C@H]2C[C@@H](S(=O)(=O)CC)C2)c2cnc(Cl)cc12. The summed E-state index contributed by atoms with van der Waals surface area (Å²) in [5.41, 5.74) is 0.867. The van der Waals surface area contributed by atoms with Crippen LogP contribution in [0.4, 0.5) is 0 Å². The number of halogens is 1. The highest BCUT2D eigenvalue weighted by atomic mass is 35.5. The van der Waals surface area contributed by atoms with E-state index < -0.39 is 25.9 Å². The quantitative estimate of drug-likeness (QED) is 0.440. The van der Waals surface area contributed by atoms with Crippen molar-refractivity contribution in [2.45, 2.75) is 76.0 Å². The molecule has 2 aromatic rings. The van der Waals surface area contributed by atoms with E-state index in [9.17, 15) is 13.0 Å². The van der Waals surface area contributed by atoms with Gasteiger partial charge in [-0.15, -0.1) is 4.72 Å². The summed E-state index contributed by atoms with van der Waals surface area (Å²) in [7, 11) is -3.05. The summed E-state index contributed by atoms with van der Waals surface area (Å²) in [5, 5.41) is 1.52. The van der Waals surface area contributed by atoms with E-state index >= 15 is 0 Å². The molecule has 0 amide bonds. The van der Waals surface area contributed by atoms with Crippen molar-refractivity contribution in [3.8, 4) is 5.88 Å². The number of rotatable bonds is 8. The molecule has 3 rings (SSSR count). The molecular formula is C21H30ClN3O4S2. The Morgan fingerprint density at radius 1 is 1.26 bits per heavy atom. The largest absolute Gasteiger partial charge is 0.598 e. The zero-order valence-electron chi connectivity index (χ0n) is 18.5. The van der Waals surface area contributed by atoms with Crippen LogP contribution in [0.5, 0.6) is 5.88 Å². The fourth-order valence-corrected chi connectivity index (χ4v) is 6.00. The minimum absolute atomic E-state index is 0.143. The molecule has 0 spiro atoms. The van der Waals surface area contributed by atoms with Crippen LogP contribution in [0.25, 0.3) is 10.8 Å². The van der Waals surface area contributed by atoms with Crippen LogP contribution in [0, 0.1) is 0 Å². The molecule has 1 N–H and O–H groups in total. The molecule has 7 nitrogen and oxygen atoms in total. The highest BCUT2D eigenvalue weighted by Gasteiger charge is 2.39. The van der Waals surface area contributed by atoms with Crippen LogP contribution >= 0.6 is 11.6 Å². The van der Waals surface area contributed by atoms with E-state index in [-0.39, 0.29) is 23.1 Å². The van der Waals surface area contributed by atoms with Gasteiger partial charge in [0.15, 0.2) is 9.84 Å². The molecule has 1 fully saturated rings. The van der Waals surface area contributed by atoms with Crippen LogP contribution in [0.2, 0.25) is 5.15 Å². The van der Waals surface area contributed by atoms with E-state index in [1.54, 1.807) is 25.4 Å². The molecule has 2 atom stereocenters. The third-order valence-corrected chi connectivity index (χ3v) is 9.59. The lowest BCUT2D eigenvalue weighted by Gasteiger charge is -2.34. The summed E-state index contributed by atoms with van der Waals surface area (Å²) >= 11 is 4.93. The van der Waals surface area contributed by atoms with E-state index in [1.165, 1.54) is 0 Å². The van der Waals surface area contributed by atoms with E-state index in [0.717, 1.165) is 10.9 Å². The molecule has 1 aliphatic rings. The molecule has 0 saturated heterocycles. The van der Waals surface area contributed by atoms with Gasteiger partial charge in [0.2, 0.25) is 5.88 Å². The number of fused-ring (bicyclic) bond motifs is 1. The van der Waals surface area contributed by atoms with Gasteiger partial charge in [0, 0.05) is 47.9 Å². The molecule has 0 bridgehead atoms. The fourth-order valence-electron chi connectivity index (χ4n) is 3.45. The zero-order chi connectivity index (χ0) is 23.0. The normalized spacial score (nSPS) is 21.5. The summed E-state index contributed by atoms with van der Waals surface area (Å²) < 4.78 is 45.5. The van der Waals surface area contributed by atoms with Crippen molar-refractivity contribution in [2.75, 3.05) is 5.75 Å². The first kappa shape index (κ1) is 24.5. The molecule has 2 aromatic heterocycles. The Morgan fingerprint density at radius 3 is 2.52 bits per heavy atom. The first-order chi connectivity index (χ1) is 14.5. The van der Waals surface area contributed by atoms with Gasteiger partial charge in [-0.05, 0) is 38.6 Å². The van der Waals surface area contributed by atoms with Gasteiger partial charge in [-0.3, -0.25) is 0 Å². The molecule has 172 valence electrons. The third-order valence-electron chi connectivity index (χ3n) is 5.56. The van der Waals surface area contributed by atoms with Gasteiger partial charge in [0.25, 0.3) is 0 Å². The number of hydrogen-bond acceptors (Lipinski definition) is 7. The van der Waals surface area contributed by atoms with Crippen molar-refractivity contribution < 1.29 is 17.7 Å². The number of sulfone groups is 1. The summed E-state index contributed by atoms with van der Waals surface area (Å²) in [6, 6.07) is 1.57. The first-order valence-electron chi connectivity index (χ1n) is 10.5. The molecule has 0 aliphatic heterocycles. The number of aromatic nitrogens is 2. The molecule has 2 heterocycles. The van der Waals surface area contributed by atoms with Crippen LogP contribution in [0.3, 0.4) is 0 Å². The Kier molecular flexibility index (Phi) is 7.42. The average Bonchev–Trinajstić information content (AvgIpc) is 2.67. The Morgan fingerprint density at radius 2 is 1.94 bits per heavy atom. The maximum Gasteiger partial charge on any atom is 0.223 e. The topological polar surface area (TPSA) is 104 Å². The minimum Gasteiger partial charge on any atom is -0.598 e. The van der Waals surface area contributed by atoms with Crippen LogP contribution in [0.1, 0.15) is 65.5 Å². The molecule has 1 unspecified atom stereocenters. The number of nitrogens with zero attached hydrogens (tertiary/aromatic N) is 2.